The van der Waals surface area contributed by atoms with Crippen molar-refractivity contribution in [3.8, 4) is 5.69 Å². The Hall–Kier alpha value is -2.64. The first-order chi connectivity index (χ1) is 11.5. The lowest BCUT2D eigenvalue weighted by atomic mass is 10.3. The molecular formula is C16H12ClN3O3S. The number of benzene rings is 2. The molecule has 1 heterocycles. The standard InChI is InChI=1S/C16H12ClN3O3S/c17-12-5-4-6-13(9-12)20-10-15(18-11-20)16(21)19-24(22,23)14-7-2-1-3-8-14/h1-11H,(H,19,21). The Morgan fingerprint density at radius 2 is 1.83 bits per heavy atom. The van der Waals surface area contributed by atoms with E-state index in [9.17, 15) is 13.2 Å². The van der Waals surface area contributed by atoms with Gasteiger partial charge in [0.25, 0.3) is 15.9 Å². The van der Waals surface area contributed by atoms with Crippen molar-refractivity contribution in [3.05, 3.63) is 77.8 Å². The third-order valence-corrected chi connectivity index (χ3v) is 4.78. The maximum absolute atomic E-state index is 12.2. The fourth-order valence-electron chi connectivity index (χ4n) is 2.05. The smallest absolute Gasteiger partial charge is 0.285 e. The summed E-state index contributed by atoms with van der Waals surface area (Å²) in [5.41, 5.74) is 0.689. The van der Waals surface area contributed by atoms with Crippen molar-refractivity contribution in [2.45, 2.75) is 4.90 Å². The average molecular weight is 362 g/mol. The van der Waals surface area contributed by atoms with Gasteiger partial charge in [-0.15, -0.1) is 0 Å². The summed E-state index contributed by atoms with van der Waals surface area (Å²) in [6.45, 7) is 0. The highest BCUT2D eigenvalue weighted by Gasteiger charge is 2.20. The minimum atomic E-state index is -3.94. The third-order valence-electron chi connectivity index (χ3n) is 3.20. The van der Waals surface area contributed by atoms with Crippen LogP contribution in [0.25, 0.3) is 5.69 Å². The van der Waals surface area contributed by atoms with Gasteiger partial charge in [-0.25, -0.2) is 18.1 Å². The summed E-state index contributed by atoms with van der Waals surface area (Å²) in [5.74, 6) is -0.806. The van der Waals surface area contributed by atoms with Crippen molar-refractivity contribution in [1.29, 1.82) is 0 Å². The van der Waals surface area contributed by atoms with E-state index in [2.05, 4.69) is 4.98 Å². The fraction of sp³-hybridized carbons (Fsp3) is 0. The van der Waals surface area contributed by atoms with Crippen LogP contribution in [0.4, 0.5) is 0 Å². The van der Waals surface area contributed by atoms with Gasteiger partial charge in [-0.05, 0) is 30.3 Å². The van der Waals surface area contributed by atoms with E-state index in [1.54, 1.807) is 47.0 Å². The van der Waals surface area contributed by atoms with Crippen LogP contribution < -0.4 is 4.72 Å². The molecule has 0 saturated heterocycles. The SMILES string of the molecule is O=C(NS(=O)(=O)c1ccccc1)c1cn(-c2cccc(Cl)c2)cn1. The van der Waals surface area contributed by atoms with E-state index < -0.39 is 15.9 Å². The molecule has 0 bridgehead atoms. The molecule has 0 unspecified atom stereocenters. The van der Waals surface area contributed by atoms with Gasteiger partial charge in [0, 0.05) is 16.9 Å². The van der Waals surface area contributed by atoms with Gasteiger partial charge in [0.1, 0.15) is 12.0 Å². The van der Waals surface area contributed by atoms with E-state index in [-0.39, 0.29) is 10.6 Å². The zero-order valence-corrected chi connectivity index (χ0v) is 13.8. The molecule has 1 amide bonds. The number of sulfonamides is 1. The zero-order valence-electron chi connectivity index (χ0n) is 12.3. The minimum Gasteiger partial charge on any atom is -0.305 e. The lowest BCUT2D eigenvalue weighted by Gasteiger charge is -2.05. The van der Waals surface area contributed by atoms with Gasteiger partial charge in [-0.3, -0.25) is 4.79 Å². The summed E-state index contributed by atoms with van der Waals surface area (Å²) < 4.78 is 27.9. The normalized spacial score (nSPS) is 11.2. The molecule has 0 aliphatic heterocycles. The van der Waals surface area contributed by atoms with E-state index in [1.165, 1.54) is 24.7 Å². The topological polar surface area (TPSA) is 81.1 Å². The highest BCUT2D eigenvalue weighted by atomic mass is 35.5. The highest BCUT2D eigenvalue weighted by molar-refractivity contribution is 7.90. The van der Waals surface area contributed by atoms with Gasteiger partial charge in [-0.1, -0.05) is 35.9 Å². The van der Waals surface area contributed by atoms with E-state index in [4.69, 9.17) is 11.6 Å². The molecule has 1 aromatic heterocycles. The number of hydrogen-bond acceptors (Lipinski definition) is 4. The highest BCUT2D eigenvalue weighted by Crippen LogP contribution is 2.15. The van der Waals surface area contributed by atoms with E-state index >= 15 is 0 Å². The number of carbonyl (C=O) groups is 1. The molecule has 0 atom stereocenters. The van der Waals surface area contributed by atoms with Crippen LogP contribution in [0.15, 0.2) is 72.0 Å². The molecule has 24 heavy (non-hydrogen) atoms. The third kappa shape index (κ3) is 3.47. The molecule has 0 fully saturated rings. The van der Waals surface area contributed by atoms with Gasteiger partial charge in [-0.2, -0.15) is 0 Å². The predicted octanol–water partition coefficient (Wildman–Crippen LogP) is 2.64. The van der Waals surface area contributed by atoms with Gasteiger partial charge < -0.3 is 4.57 Å². The summed E-state index contributed by atoms with van der Waals surface area (Å²) >= 11 is 5.93. The number of nitrogens with one attached hydrogen (secondary N) is 1. The van der Waals surface area contributed by atoms with Crippen molar-refractivity contribution in [2.75, 3.05) is 0 Å². The van der Waals surface area contributed by atoms with Crippen molar-refractivity contribution in [2.24, 2.45) is 0 Å². The molecule has 3 rings (SSSR count). The molecule has 0 radical (unpaired) electrons. The second-order valence-corrected chi connectivity index (χ2v) is 7.01. The first kappa shape index (κ1) is 16.2. The Morgan fingerprint density at radius 3 is 2.54 bits per heavy atom. The Labute approximate surface area is 143 Å². The molecule has 6 nitrogen and oxygen atoms in total. The maximum atomic E-state index is 12.2. The van der Waals surface area contributed by atoms with Crippen LogP contribution in [0.1, 0.15) is 10.5 Å². The van der Waals surface area contributed by atoms with Crippen molar-refractivity contribution in [3.63, 3.8) is 0 Å². The van der Waals surface area contributed by atoms with Crippen LogP contribution in [0.3, 0.4) is 0 Å². The first-order valence-corrected chi connectivity index (χ1v) is 8.74. The number of amides is 1. The molecule has 1 N–H and O–H groups in total. The van der Waals surface area contributed by atoms with Crippen LogP contribution in [0, 0.1) is 0 Å². The summed E-state index contributed by atoms with van der Waals surface area (Å²) in [6, 6.07) is 14.6. The van der Waals surface area contributed by atoms with E-state index in [1.807, 2.05) is 4.72 Å². The average Bonchev–Trinajstić information content (AvgIpc) is 3.05. The lowest BCUT2D eigenvalue weighted by molar-refractivity contribution is 0.0977. The number of aromatic nitrogens is 2. The molecular weight excluding hydrogens is 350 g/mol. The van der Waals surface area contributed by atoms with Gasteiger partial charge in [0.2, 0.25) is 0 Å². The maximum Gasteiger partial charge on any atom is 0.285 e. The molecule has 122 valence electrons. The zero-order chi connectivity index (χ0) is 17.2. The quantitative estimate of drug-likeness (QED) is 0.774. The first-order valence-electron chi connectivity index (χ1n) is 6.88. The molecule has 3 aromatic rings. The molecule has 2 aromatic carbocycles. The number of nitrogens with zero attached hydrogens (tertiary/aromatic N) is 2. The summed E-state index contributed by atoms with van der Waals surface area (Å²) in [7, 11) is -3.94. The Bertz CT molecular complexity index is 985. The van der Waals surface area contributed by atoms with Crippen LogP contribution in [0.2, 0.25) is 5.02 Å². The van der Waals surface area contributed by atoms with Crippen molar-refractivity contribution < 1.29 is 13.2 Å². The van der Waals surface area contributed by atoms with Gasteiger partial charge in [0.15, 0.2) is 0 Å². The summed E-state index contributed by atoms with van der Waals surface area (Å²) in [4.78, 5) is 16.1. The Morgan fingerprint density at radius 1 is 1.08 bits per heavy atom. The molecule has 8 heteroatoms. The monoisotopic (exact) mass is 361 g/mol. The Balaban J connectivity index is 1.82. The largest absolute Gasteiger partial charge is 0.305 e. The molecule has 0 saturated carbocycles. The van der Waals surface area contributed by atoms with Crippen LogP contribution in [-0.2, 0) is 10.0 Å². The van der Waals surface area contributed by atoms with E-state index in [0.29, 0.717) is 10.7 Å². The number of rotatable bonds is 4. The second-order valence-electron chi connectivity index (χ2n) is 4.89. The van der Waals surface area contributed by atoms with Gasteiger partial charge in [0.05, 0.1) is 4.90 Å². The fourth-order valence-corrected chi connectivity index (χ4v) is 3.22. The Kier molecular flexibility index (Phi) is 4.37. The van der Waals surface area contributed by atoms with Crippen molar-refractivity contribution in [1.82, 2.24) is 14.3 Å². The van der Waals surface area contributed by atoms with Crippen LogP contribution in [0.5, 0.6) is 0 Å². The molecule has 0 aliphatic carbocycles. The second kappa shape index (κ2) is 6.46. The van der Waals surface area contributed by atoms with Gasteiger partial charge >= 0.3 is 0 Å². The van der Waals surface area contributed by atoms with E-state index in [0.717, 1.165) is 0 Å². The predicted molar refractivity (Wildman–Crippen MR) is 89.7 cm³/mol. The molecule has 0 aliphatic rings. The number of imidazole rings is 1. The number of hydrogen-bond donors (Lipinski definition) is 1. The van der Waals surface area contributed by atoms with Crippen LogP contribution >= 0.6 is 11.6 Å². The van der Waals surface area contributed by atoms with Crippen LogP contribution in [-0.4, -0.2) is 23.9 Å². The number of carbonyl (C=O) groups excluding carboxylic acids is 1. The minimum absolute atomic E-state index is 0.00706. The number of halogens is 1. The van der Waals surface area contributed by atoms with Crippen molar-refractivity contribution >= 4 is 27.5 Å². The molecule has 0 spiro atoms. The lowest BCUT2D eigenvalue weighted by Crippen LogP contribution is -2.30. The summed E-state index contributed by atoms with van der Waals surface area (Å²) in [5, 5.41) is 0.541. The summed E-state index contributed by atoms with van der Waals surface area (Å²) in [6.07, 6.45) is 2.84.